The molecular weight excluding hydrogens is 305 g/mol. The van der Waals surface area contributed by atoms with Gasteiger partial charge < -0.3 is 4.74 Å². The molecule has 18 heavy (non-hydrogen) atoms. The van der Waals surface area contributed by atoms with Crippen molar-refractivity contribution in [3.05, 3.63) is 28.0 Å². The number of ketones is 1. The van der Waals surface area contributed by atoms with Gasteiger partial charge in [0.05, 0.1) is 6.61 Å². The molecule has 0 N–H and O–H groups in total. The summed E-state index contributed by atoms with van der Waals surface area (Å²) in [7, 11) is 0. The third-order valence-corrected chi connectivity index (χ3v) is 2.93. The summed E-state index contributed by atoms with van der Waals surface area (Å²) in [6, 6.07) is 2.66. The van der Waals surface area contributed by atoms with Crippen molar-refractivity contribution in [2.24, 2.45) is 10.9 Å². The van der Waals surface area contributed by atoms with Gasteiger partial charge in [0.25, 0.3) is 0 Å². The molecule has 4 nitrogen and oxygen atoms in total. The van der Waals surface area contributed by atoms with Crippen molar-refractivity contribution in [3.63, 3.8) is 0 Å². The quantitative estimate of drug-likeness (QED) is 0.623. The maximum atomic E-state index is 13.6. The lowest BCUT2D eigenvalue weighted by Crippen LogP contribution is -2.29. The zero-order chi connectivity index (χ0) is 13.3. The first-order valence-electron chi connectivity index (χ1n) is 5.28. The smallest absolute Gasteiger partial charge is 0.322 e. The highest BCUT2D eigenvalue weighted by Crippen LogP contribution is 2.32. The fourth-order valence-electron chi connectivity index (χ4n) is 1.67. The highest BCUT2D eigenvalue weighted by molar-refractivity contribution is 9.10. The molecule has 0 radical (unpaired) electrons. The maximum absolute atomic E-state index is 13.6. The lowest BCUT2D eigenvalue weighted by Gasteiger charge is -2.16. The third-order valence-electron chi connectivity index (χ3n) is 2.47. The average molecular weight is 314 g/mol. The average Bonchev–Trinajstić information content (AvgIpc) is 2.30. The topological polar surface area (TPSA) is 55.7 Å². The minimum atomic E-state index is -1.09. The van der Waals surface area contributed by atoms with Crippen molar-refractivity contribution < 1.29 is 18.7 Å². The molecule has 1 unspecified atom stereocenters. The van der Waals surface area contributed by atoms with Crippen LogP contribution in [0.3, 0.4) is 0 Å². The van der Waals surface area contributed by atoms with Crippen LogP contribution in [0.2, 0.25) is 0 Å². The number of hydrogen-bond donors (Lipinski definition) is 0. The molecule has 2 rings (SSSR count). The number of Topliss-reactive ketones (excluding diaryl/α,β-unsaturated/α-hetero) is 1. The molecule has 0 spiro atoms. The number of ether oxygens (including phenoxy) is 1. The van der Waals surface area contributed by atoms with Crippen LogP contribution in [-0.4, -0.2) is 24.6 Å². The van der Waals surface area contributed by atoms with E-state index in [2.05, 4.69) is 20.9 Å². The van der Waals surface area contributed by atoms with Crippen LogP contribution < -0.4 is 0 Å². The first kappa shape index (κ1) is 12.9. The summed E-state index contributed by atoms with van der Waals surface area (Å²) >= 11 is 3.10. The summed E-state index contributed by atoms with van der Waals surface area (Å²) in [5.74, 6) is -2.87. The Labute approximate surface area is 111 Å². The Bertz CT molecular complexity index is 556. The summed E-state index contributed by atoms with van der Waals surface area (Å²) < 4.78 is 18.8. The summed E-state index contributed by atoms with van der Waals surface area (Å²) in [6.07, 6.45) is 1.12. The van der Waals surface area contributed by atoms with Crippen LogP contribution in [0.15, 0.2) is 21.6 Å². The number of carbonyl (C=O) groups excluding carboxylic acids is 2. The Balaban J connectivity index is 2.43. The lowest BCUT2D eigenvalue weighted by atomic mass is 9.94. The van der Waals surface area contributed by atoms with Crippen molar-refractivity contribution in [2.75, 3.05) is 6.61 Å². The number of carbonyl (C=O) groups is 2. The van der Waals surface area contributed by atoms with Crippen LogP contribution in [0.4, 0.5) is 10.1 Å². The molecule has 6 heteroatoms. The van der Waals surface area contributed by atoms with Crippen LogP contribution in [-0.2, 0) is 9.53 Å². The molecule has 0 saturated carbocycles. The number of fused-ring (bicyclic) bond motifs is 1. The van der Waals surface area contributed by atoms with Crippen LogP contribution in [0.1, 0.15) is 17.3 Å². The van der Waals surface area contributed by atoms with Gasteiger partial charge >= 0.3 is 5.97 Å². The molecule has 1 aliphatic rings. The zero-order valence-corrected chi connectivity index (χ0v) is 11.0. The predicted octanol–water partition coefficient (Wildman–Crippen LogP) is 2.67. The van der Waals surface area contributed by atoms with Crippen LogP contribution in [0.25, 0.3) is 0 Å². The van der Waals surface area contributed by atoms with Crippen LogP contribution in [0, 0.1) is 11.7 Å². The zero-order valence-electron chi connectivity index (χ0n) is 9.44. The molecule has 0 amide bonds. The van der Waals surface area contributed by atoms with Crippen LogP contribution >= 0.6 is 15.9 Å². The van der Waals surface area contributed by atoms with Gasteiger partial charge in [-0.2, -0.15) is 0 Å². The van der Waals surface area contributed by atoms with Crippen molar-refractivity contribution >= 4 is 39.6 Å². The van der Waals surface area contributed by atoms with Gasteiger partial charge in [0.15, 0.2) is 17.5 Å². The van der Waals surface area contributed by atoms with Gasteiger partial charge in [-0.05, 0) is 19.1 Å². The molecule has 1 aliphatic heterocycles. The second-order valence-corrected chi connectivity index (χ2v) is 4.57. The van der Waals surface area contributed by atoms with E-state index in [0.717, 1.165) is 6.21 Å². The number of esters is 1. The van der Waals surface area contributed by atoms with Crippen LogP contribution in [0.5, 0.6) is 0 Å². The Morgan fingerprint density at radius 2 is 2.28 bits per heavy atom. The molecule has 0 bridgehead atoms. The summed E-state index contributed by atoms with van der Waals surface area (Å²) in [5.41, 5.74) is 0.0474. The number of halogens is 2. The molecule has 0 fully saturated rings. The van der Waals surface area contributed by atoms with E-state index < -0.39 is 23.5 Å². The second-order valence-electron chi connectivity index (χ2n) is 3.66. The molecule has 1 heterocycles. The number of nitrogens with zero attached hydrogens (tertiary/aromatic N) is 1. The van der Waals surface area contributed by atoms with Gasteiger partial charge in [0.1, 0.15) is 5.69 Å². The van der Waals surface area contributed by atoms with E-state index in [1.165, 1.54) is 12.1 Å². The number of benzene rings is 1. The van der Waals surface area contributed by atoms with E-state index in [4.69, 9.17) is 4.74 Å². The van der Waals surface area contributed by atoms with E-state index >= 15 is 0 Å². The Morgan fingerprint density at radius 3 is 2.94 bits per heavy atom. The minimum Gasteiger partial charge on any atom is -0.465 e. The maximum Gasteiger partial charge on any atom is 0.322 e. The van der Waals surface area contributed by atoms with Crippen molar-refractivity contribution in [1.82, 2.24) is 0 Å². The minimum absolute atomic E-state index is 0.0382. The number of aliphatic imine (C=N–C) groups is 1. The highest BCUT2D eigenvalue weighted by Gasteiger charge is 2.33. The number of hydrogen-bond acceptors (Lipinski definition) is 4. The summed E-state index contributed by atoms with van der Waals surface area (Å²) in [4.78, 5) is 27.4. The fraction of sp³-hybridized carbons (Fsp3) is 0.250. The Hall–Kier alpha value is -1.56. The van der Waals surface area contributed by atoms with Crippen molar-refractivity contribution in [1.29, 1.82) is 0 Å². The predicted molar refractivity (Wildman–Crippen MR) is 66.7 cm³/mol. The van der Waals surface area contributed by atoms with E-state index in [1.807, 2.05) is 0 Å². The molecule has 94 valence electrons. The van der Waals surface area contributed by atoms with Gasteiger partial charge in [-0.25, -0.2) is 4.39 Å². The van der Waals surface area contributed by atoms with Crippen molar-refractivity contribution in [3.8, 4) is 0 Å². The number of rotatable bonds is 2. The van der Waals surface area contributed by atoms with Crippen molar-refractivity contribution in [2.45, 2.75) is 6.92 Å². The summed E-state index contributed by atoms with van der Waals surface area (Å²) in [6.45, 7) is 1.82. The van der Waals surface area contributed by atoms with Gasteiger partial charge in [-0.1, -0.05) is 15.9 Å². The first-order chi connectivity index (χ1) is 8.54. The Kier molecular flexibility index (Phi) is 3.56. The SMILES string of the molecule is CCOC(=O)C1C=Nc2c(F)cc(Br)cc2C1=O. The molecule has 0 aliphatic carbocycles. The van der Waals surface area contributed by atoms with Gasteiger partial charge in [0.2, 0.25) is 0 Å². The van der Waals surface area contributed by atoms with E-state index in [0.29, 0.717) is 4.47 Å². The largest absolute Gasteiger partial charge is 0.465 e. The molecule has 0 aromatic heterocycles. The lowest BCUT2D eigenvalue weighted by molar-refractivity contribution is -0.144. The normalized spacial score (nSPS) is 17.5. The Morgan fingerprint density at radius 1 is 1.56 bits per heavy atom. The van der Waals surface area contributed by atoms with E-state index in [1.54, 1.807) is 6.92 Å². The monoisotopic (exact) mass is 313 g/mol. The second kappa shape index (κ2) is 4.97. The molecule has 1 aromatic rings. The van der Waals surface area contributed by atoms with Gasteiger partial charge in [-0.3, -0.25) is 14.6 Å². The van der Waals surface area contributed by atoms with Gasteiger partial charge in [0, 0.05) is 16.3 Å². The van der Waals surface area contributed by atoms with E-state index in [9.17, 15) is 14.0 Å². The third kappa shape index (κ3) is 2.20. The standard InChI is InChI=1S/C12H9BrFNO3/c1-2-18-12(17)8-5-15-10-7(11(8)16)3-6(13)4-9(10)14/h3-5,8H,2H2,1H3. The molecular formula is C12H9BrFNO3. The molecule has 1 atom stereocenters. The highest BCUT2D eigenvalue weighted by atomic mass is 79.9. The first-order valence-corrected chi connectivity index (χ1v) is 6.08. The summed E-state index contributed by atoms with van der Waals surface area (Å²) in [5, 5.41) is 0. The molecule has 1 aromatic carbocycles. The fourth-order valence-corrected chi connectivity index (χ4v) is 2.10. The van der Waals surface area contributed by atoms with E-state index in [-0.39, 0.29) is 17.9 Å². The molecule has 0 saturated heterocycles. The van der Waals surface area contributed by atoms with Gasteiger partial charge in [-0.15, -0.1) is 0 Å².